The molecule has 142 valence electrons. The van der Waals surface area contributed by atoms with E-state index < -0.39 is 5.76 Å². The van der Waals surface area contributed by atoms with E-state index in [1.807, 2.05) is 0 Å². The van der Waals surface area contributed by atoms with E-state index in [1.165, 1.54) is 30.4 Å². The van der Waals surface area contributed by atoms with Crippen LogP contribution < -0.4 is 16.0 Å². The molecule has 1 amide bonds. The van der Waals surface area contributed by atoms with Crippen LogP contribution in [0.2, 0.25) is 5.02 Å². The summed E-state index contributed by atoms with van der Waals surface area (Å²) in [4.78, 5) is 25.7. The van der Waals surface area contributed by atoms with E-state index in [0.717, 1.165) is 19.0 Å². The van der Waals surface area contributed by atoms with Crippen LogP contribution in [-0.4, -0.2) is 36.2 Å². The Kier molecular flexibility index (Phi) is 6.38. The van der Waals surface area contributed by atoms with Gasteiger partial charge in [-0.3, -0.25) is 9.36 Å². The summed E-state index contributed by atoms with van der Waals surface area (Å²) in [5.74, 6) is -0.500. The molecule has 2 atom stereocenters. The smallest absolute Gasteiger partial charge is 0.408 e. The number of quaternary nitrogens is 1. The average molecular weight is 381 g/mol. The normalized spacial score (nSPS) is 20.4. The highest BCUT2D eigenvalue weighted by atomic mass is 35.5. The Morgan fingerprint density at radius 2 is 2.27 bits per heavy atom. The first-order valence-corrected chi connectivity index (χ1v) is 9.82. The fraction of sp³-hybridized carbons (Fsp3) is 0.579. The minimum atomic E-state index is -0.460. The second-order valence-electron chi connectivity index (χ2n) is 7.14. The number of aromatic nitrogens is 1. The first-order chi connectivity index (χ1) is 12.5. The van der Waals surface area contributed by atoms with Crippen LogP contribution >= 0.6 is 11.6 Å². The highest BCUT2D eigenvalue weighted by Crippen LogP contribution is 2.18. The molecule has 2 heterocycles. The summed E-state index contributed by atoms with van der Waals surface area (Å²) in [5, 5.41) is 3.47. The second kappa shape index (κ2) is 8.73. The summed E-state index contributed by atoms with van der Waals surface area (Å²) in [6, 6.07) is 5.79. The summed E-state index contributed by atoms with van der Waals surface area (Å²) in [6.45, 7) is 5.65. The third-order valence-electron chi connectivity index (χ3n) is 5.27. The maximum Gasteiger partial charge on any atom is 0.419 e. The van der Waals surface area contributed by atoms with Crippen molar-refractivity contribution in [1.82, 2.24) is 9.88 Å². The molecule has 1 aromatic carbocycles. The molecule has 2 aromatic rings. The molecule has 1 aliphatic heterocycles. The molecule has 1 saturated heterocycles. The van der Waals surface area contributed by atoms with Gasteiger partial charge in [-0.05, 0) is 38.3 Å². The number of nitrogens with one attached hydrogen (secondary N) is 2. The van der Waals surface area contributed by atoms with Crippen LogP contribution in [0.25, 0.3) is 11.1 Å². The lowest BCUT2D eigenvalue weighted by Gasteiger charge is -2.30. The zero-order valence-electron chi connectivity index (χ0n) is 15.2. The molecule has 0 spiro atoms. The van der Waals surface area contributed by atoms with Gasteiger partial charge in [0.25, 0.3) is 0 Å². The monoisotopic (exact) mass is 380 g/mol. The van der Waals surface area contributed by atoms with E-state index in [2.05, 4.69) is 12.2 Å². The van der Waals surface area contributed by atoms with E-state index in [9.17, 15) is 9.59 Å². The number of benzene rings is 1. The molecule has 0 saturated carbocycles. The minimum absolute atomic E-state index is 0.0399. The number of amides is 1. The SMILES string of the molecule is C[C@@H]1CCCC[NH+]1CCCNC(=O)CCn1c(=O)oc2cc(Cl)ccc21. The predicted molar refractivity (Wildman–Crippen MR) is 102 cm³/mol. The lowest BCUT2D eigenvalue weighted by atomic mass is 10.0. The van der Waals surface area contributed by atoms with Crippen molar-refractivity contribution in [3.05, 3.63) is 33.8 Å². The molecule has 7 heteroatoms. The number of carbonyl (C=O) groups is 1. The van der Waals surface area contributed by atoms with Crippen molar-refractivity contribution in [2.45, 2.75) is 51.6 Å². The van der Waals surface area contributed by atoms with Crippen molar-refractivity contribution in [3.63, 3.8) is 0 Å². The lowest BCUT2D eigenvalue weighted by Crippen LogP contribution is -3.16. The van der Waals surface area contributed by atoms with E-state index in [4.69, 9.17) is 16.0 Å². The number of piperidine rings is 1. The van der Waals surface area contributed by atoms with E-state index in [0.29, 0.717) is 29.2 Å². The number of hydrogen-bond donors (Lipinski definition) is 2. The average Bonchev–Trinajstić information content (AvgIpc) is 2.92. The summed E-state index contributed by atoms with van der Waals surface area (Å²) in [6.07, 6.45) is 5.20. The van der Waals surface area contributed by atoms with Crippen molar-refractivity contribution in [2.75, 3.05) is 19.6 Å². The Balaban J connectivity index is 1.43. The van der Waals surface area contributed by atoms with Crippen LogP contribution in [0.3, 0.4) is 0 Å². The van der Waals surface area contributed by atoms with Gasteiger partial charge in [0, 0.05) is 37.0 Å². The highest BCUT2D eigenvalue weighted by molar-refractivity contribution is 6.31. The summed E-state index contributed by atoms with van der Waals surface area (Å²) < 4.78 is 6.65. The summed E-state index contributed by atoms with van der Waals surface area (Å²) in [5.41, 5.74) is 1.11. The third-order valence-corrected chi connectivity index (χ3v) is 5.51. The van der Waals surface area contributed by atoms with E-state index >= 15 is 0 Å². The molecule has 0 radical (unpaired) electrons. The zero-order chi connectivity index (χ0) is 18.5. The zero-order valence-corrected chi connectivity index (χ0v) is 16.0. The molecule has 2 N–H and O–H groups in total. The molecule has 0 aliphatic carbocycles. The lowest BCUT2D eigenvalue weighted by molar-refractivity contribution is -0.928. The van der Waals surface area contributed by atoms with Gasteiger partial charge in [-0.2, -0.15) is 0 Å². The summed E-state index contributed by atoms with van der Waals surface area (Å²) in [7, 11) is 0. The molecule has 1 aliphatic rings. The molecule has 3 rings (SSSR count). The Morgan fingerprint density at radius 3 is 3.08 bits per heavy atom. The number of halogens is 1. The van der Waals surface area contributed by atoms with Gasteiger partial charge in [-0.1, -0.05) is 11.6 Å². The predicted octanol–water partition coefficient (Wildman–Crippen LogP) is 1.60. The topological polar surface area (TPSA) is 68.7 Å². The molecular formula is C19H27ClN3O3+. The number of hydrogen-bond acceptors (Lipinski definition) is 3. The maximum atomic E-state index is 12.1. The largest absolute Gasteiger partial charge is 0.419 e. The van der Waals surface area contributed by atoms with E-state index in [1.54, 1.807) is 23.1 Å². The van der Waals surface area contributed by atoms with Gasteiger partial charge in [0.2, 0.25) is 5.91 Å². The molecule has 0 bridgehead atoms. The second-order valence-corrected chi connectivity index (χ2v) is 7.58. The Morgan fingerprint density at radius 1 is 1.42 bits per heavy atom. The highest BCUT2D eigenvalue weighted by Gasteiger charge is 2.20. The number of fused-ring (bicyclic) bond motifs is 1. The molecule has 1 unspecified atom stereocenters. The van der Waals surface area contributed by atoms with Crippen molar-refractivity contribution in [1.29, 1.82) is 0 Å². The number of oxazole rings is 1. The number of nitrogens with zero attached hydrogens (tertiary/aromatic N) is 1. The maximum absolute atomic E-state index is 12.1. The summed E-state index contributed by atoms with van der Waals surface area (Å²) >= 11 is 5.91. The van der Waals surface area contributed by atoms with Crippen LogP contribution in [0, 0.1) is 0 Å². The molecular weight excluding hydrogens is 354 g/mol. The molecule has 1 fully saturated rings. The molecule has 6 nitrogen and oxygen atoms in total. The Hall–Kier alpha value is -1.79. The number of carbonyl (C=O) groups excluding carboxylic acids is 1. The number of rotatable bonds is 7. The van der Waals surface area contributed by atoms with Gasteiger partial charge in [0.15, 0.2) is 5.58 Å². The van der Waals surface area contributed by atoms with Crippen molar-refractivity contribution in [3.8, 4) is 0 Å². The van der Waals surface area contributed by atoms with Crippen LogP contribution in [0.5, 0.6) is 0 Å². The third kappa shape index (κ3) is 4.68. The van der Waals surface area contributed by atoms with Crippen molar-refractivity contribution >= 4 is 28.6 Å². The minimum Gasteiger partial charge on any atom is -0.408 e. The number of aryl methyl sites for hydroxylation is 1. The first kappa shape index (κ1) is 19.0. The fourth-order valence-corrected chi connectivity index (χ4v) is 3.88. The van der Waals surface area contributed by atoms with Gasteiger partial charge < -0.3 is 14.6 Å². The van der Waals surface area contributed by atoms with Crippen molar-refractivity contribution < 1.29 is 14.1 Å². The van der Waals surface area contributed by atoms with E-state index in [-0.39, 0.29) is 12.3 Å². The van der Waals surface area contributed by atoms with Crippen molar-refractivity contribution in [2.24, 2.45) is 0 Å². The van der Waals surface area contributed by atoms with Crippen LogP contribution in [-0.2, 0) is 11.3 Å². The van der Waals surface area contributed by atoms with Gasteiger partial charge in [0.05, 0.1) is 24.6 Å². The number of likely N-dealkylation sites (tertiary alicyclic amines) is 1. The Bertz CT molecular complexity index is 814. The molecule has 1 aromatic heterocycles. The standard InChI is InChI=1S/C19H26ClN3O3/c1-14-5-2-3-10-22(14)11-4-9-21-18(24)8-12-23-16-7-6-15(20)13-17(16)26-19(23)25/h6-7,13-14H,2-5,8-12H2,1H3,(H,21,24)/p+1/t14-/m1/s1. The van der Waals surface area contributed by atoms with Crippen LogP contribution in [0.4, 0.5) is 0 Å². The van der Waals surface area contributed by atoms with Gasteiger partial charge in [-0.15, -0.1) is 0 Å². The molecule has 26 heavy (non-hydrogen) atoms. The van der Waals surface area contributed by atoms with Crippen LogP contribution in [0.15, 0.2) is 27.4 Å². The van der Waals surface area contributed by atoms with Crippen LogP contribution in [0.1, 0.15) is 39.0 Å². The first-order valence-electron chi connectivity index (χ1n) is 9.45. The Labute approximate surface area is 158 Å². The van der Waals surface area contributed by atoms with Gasteiger partial charge in [0.1, 0.15) is 0 Å². The fourth-order valence-electron chi connectivity index (χ4n) is 3.72. The van der Waals surface area contributed by atoms with Gasteiger partial charge in [-0.25, -0.2) is 4.79 Å². The van der Waals surface area contributed by atoms with Gasteiger partial charge >= 0.3 is 5.76 Å². The quantitative estimate of drug-likeness (QED) is 0.717.